The first-order valence-corrected chi connectivity index (χ1v) is 6.78. The van der Waals surface area contributed by atoms with Crippen LogP contribution >= 0.6 is 0 Å². The second-order valence-electron chi connectivity index (χ2n) is 6.02. The summed E-state index contributed by atoms with van der Waals surface area (Å²) in [6.07, 6.45) is 5.02. The molecule has 0 atom stereocenters. The van der Waals surface area contributed by atoms with E-state index in [0.29, 0.717) is 11.5 Å². The van der Waals surface area contributed by atoms with Crippen LogP contribution < -0.4 is 10.6 Å². The number of aromatic nitrogens is 2. The molecule has 1 aliphatic carbocycles. The van der Waals surface area contributed by atoms with Crippen molar-refractivity contribution in [1.29, 1.82) is 0 Å². The first kappa shape index (κ1) is 13.1. The molecule has 4 nitrogen and oxygen atoms in total. The predicted molar refractivity (Wildman–Crippen MR) is 76.0 cm³/mol. The van der Waals surface area contributed by atoms with Crippen LogP contribution in [0.1, 0.15) is 45.4 Å². The van der Waals surface area contributed by atoms with Gasteiger partial charge in [0.1, 0.15) is 17.5 Å². The molecule has 0 radical (unpaired) electrons. The first-order chi connectivity index (χ1) is 8.48. The second kappa shape index (κ2) is 5.12. The van der Waals surface area contributed by atoms with Crippen LogP contribution in [0.2, 0.25) is 0 Å². The van der Waals surface area contributed by atoms with E-state index in [1.54, 1.807) is 0 Å². The quantitative estimate of drug-likeness (QED) is 0.862. The van der Waals surface area contributed by atoms with E-state index in [1.165, 1.54) is 25.7 Å². The number of nitrogens with zero attached hydrogens (tertiary/aromatic N) is 2. The van der Waals surface area contributed by atoms with Gasteiger partial charge in [0, 0.05) is 19.2 Å². The normalized spacial score (nSPS) is 19.6. The van der Waals surface area contributed by atoms with Crippen LogP contribution in [-0.2, 0) is 0 Å². The van der Waals surface area contributed by atoms with E-state index in [1.807, 2.05) is 20.0 Å². The summed E-state index contributed by atoms with van der Waals surface area (Å²) in [5, 5.41) is 6.61. The summed E-state index contributed by atoms with van der Waals surface area (Å²) in [7, 11) is 1.88. The third kappa shape index (κ3) is 3.34. The van der Waals surface area contributed by atoms with E-state index in [2.05, 4.69) is 34.4 Å². The Morgan fingerprint density at radius 1 is 1.17 bits per heavy atom. The van der Waals surface area contributed by atoms with Crippen molar-refractivity contribution < 1.29 is 0 Å². The van der Waals surface area contributed by atoms with Crippen LogP contribution in [0.5, 0.6) is 0 Å². The van der Waals surface area contributed by atoms with Crippen LogP contribution in [0.25, 0.3) is 0 Å². The molecule has 1 aromatic rings. The van der Waals surface area contributed by atoms with Crippen molar-refractivity contribution in [3.05, 3.63) is 11.9 Å². The van der Waals surface area contributed by atoms with Crippen molar-refractivity contribution in [2.75, 3.05) is 17.7 Å². The molecular weight excluding hydrogens is 224 g/mol. The van der Waals surface area contributed by atoms with E-state index < -0.39 is 0 Å². The molecule has 0 aliphatic heterocycles. The van der Waals surface area contributed by atoms with Crippen LogP contribution in [0.3, 0.4) is 0 Å². The Hall–Kier alpha value is -1.32. The maximum absolute atomic E-state index is 4.45. The minimum absolute atomic E-state index is 0.510. The van der Waals surface area contributed by atoms with Gasteiger partial charge in [-0.3, -0.25) is 0 Å². The molecule has 1 heterocycles. The van der Waals surface area contributed by atoms with Crippen LogP contribution in [0.4, 0.5) is 11.6 Å². The average molecular weight is 248 g/mol. The molecule has 100 valence electrons. The van der Waals surface area contributed by atoms with E-state index in [4.69, 9.17) is 0 Å². The first-order valence-electron chi connectivity index (χ1n) is 6.78. The molecule has 0 bridgehead atoms. The van der Waals surface area contributed by atoms with Gasteiger partial charge >= 0.3 is 0 Å². The summed E-state index contributed by atoms with van der Waals surface area (Å²) in [5.41, 5.74) is 0.510. The van der Waals surface area contributed by atoms with Crippen LogP contribution in [0.15, 0.2) is 6.07 Å². The zero-order valence-corrected chi connectivity index (χ0v) is 11.9. The molecule has 0 saturated heterocycles. The molecule has 0 aromatic carbocycles. The molecule has 0 unspecified atom stereocenters. The van der Waals surface area contributed by atoms with Crippen LogP contribution in [-0.4, -0.2) is 23.1 Å². The molecule has 1 saturated carbocycles. The predicted octanol–water partition coefficient (Wildman–Crippen LogP) is 3.21. The van der Waals surface area contributed by atoms with Crippen molar-refractivity contribution >= 4 is 11.6 Å². The molecule has 1 aromatic heterocycles. The van der Waals surface area contributed by atoms with Gasteiger partial charge < -0.3 is 10.6 Å². The van der Waals surface area contributed by atoms with Gasteiger partial charge in [0.15, 0.2) is 0 Å². The van der Waals surface area contributed by atoms with E-state index >= 15 is 0 Å². The third-order valence-electron chi connectivity index (χ3n) is 3.79. The van der Waals surface area contributed by atoms with Gasteiger partial charge in [-0.1, -0.05) is 13.8 Å². The number of nitrogens with one attached hydrogen (secondary N) is 2. The fraction of sp³-hybridized carbons (Fsp3) is 0.714. The molecule has 0 amide bonds. The molecule has 4 heteroatoms. The minimum Gasteiger partial charge on any atom is -0.373 e. The lowest BCUT2D eigenvalue weighted by atomic mass is 9.75. The number of hydrogen-bond acceptors (Lipinski definition) is 4. The summed E-state index contributed by atoms with van der Waals surface area (Å²) in [6, 6.07) is 2.53. The van der Waals surface area contributed by atoms with Crippen molar-refractivity contribution in [2.45, 2.75) is 52.5 Å². The standard InChI is InChI=1S/C14H24N4/c1-10-16-12(15-4)9-13(17-10)18-11-5-7-14(2,3)8-6-11/h9,11H,5-8H2,1-4H3,(H2,15,16,17,18). The minimum atomic E-state index is 0.510. The molecule has 18 heavy (non-hydrogen) atoms. The number of anilines is 2. The molecule has 0 spiro atoms. The Kier molecular flexibility index (Phi) is 3.73. The molecule has 1 fully saturated rings. The topological polar surface area (TPSA) is 49.8 Å². The molecule has 2 rings (SSSR count). The van der Waals surface area contributed by atoms with Crippen molar-refractivity contribution in [2.24, 2.45) is 5.41 Å². The third-order valence-corrected chi connectivity index (χ3v) is 3.79. The fourth-order valence-corrected chi connectivity index (χ4v) is 2.52. The lowest BCUT2D eigenvalue weighted by Gasteiger charge is -2.34. The lowest BCUT2D eigenvalue weighted by molar-refractivity contribution is 0.232. The zero-order valence-electron chi connectivity index (χ0n) is 11.9. The Balaban J connectivity index is 2.00. The molecular formula is C14H24N4. The average Bonchev–Trinajstić information content (AvgIpc) is 2.31. The van der Waals surface area contributed by atoms with E-state index in [9.17, 15) is 0 Å². The highest BCUT2D eigenvalue weighted by Crippen LogP contribution is 2.35. The van der Waals surface area contributed by atoms with Gasteiger partial charge in [-0.05, 0) is 38.0 Å². The van der Waals surface area contributed by atoms with E-state index in [0.717, 1.165) is 17.5 Å². The number of aryl methyl sites for hydroxylation is 1. The van der Waals surface area contributed by atoms with Crippen molar-refractivity contribution in [1.82, 2.24) is 9.97 Å². The highest BCUT2D eigenvalue weighted by atomic mass is 15.1. The van der Waals surface area contributed by atoms with Gasteiger partial charge in [-0.15, -0.1) is 0 Å². The zero-order chi connectivity index (χ0) is 13.2. The summed E-state index contributed by atoms with van der Waals surface area (Å²) < 4.78 is 0. The Labute approximate surface area is 110 Å². The van der Waals surface area contributed by atoms with E-state index in [-0.39, 0.29) is 0 Å². The van der Waals surface area contributed by atoms with Gasteiger partial charge in [-0.25, -0.2) is 9.97 Å². The maximum atomic E-state index is 4.45. The van der Waals surface area contributed by atoms with Crippen LogP contribution in [0, 0.1) is 12.3 Å². The monoisotopic (exact) mass is 248 g/mol. The number of rotatable bonds is 3. The highest BCUT2D eigenvalue weighted by Gasteiger charge is 2.26. The SMILES string of the molecule is CNc1cc(NC2CCC(C)(C)CC2)nc(C)n1. The van der Waals surface area contributed by atoms with Crippen molar-refractivity contribution in [3.8, 4) is 0 Å². The summed E-state index contributed by atoms with van der Waals surface area (Å²) in [5.74, 6) is 2.62. The highest BCUT2D eigenvalue weighted by molar-refractivity contribution is 5.47. The van der Waals surface area contributed by atoms with Gasteiger partial charge in [0.2, 0.25) is 0 Å². The Morgan fingerprint density at radius 3 is 2.39 bits per heavy atom. The van der Waals surface area contributed by atoms with Crippen molar-refractivity contribution in [3.63, 3.8) is 0 Å². The van der Waals surface area contributed by atoms with Gasteiger partial charge in [0.05, 0.1) is 0 Å². The largest absolute Gasteiger partial charge is 0.373 e. The number of hydrogen-bond donors (Lipinski definition) is 2. The summed E-state index contributed by atoms with van der Waals surface area (Å²) in [4.78, 5) is 8.76. The second-order valence-corrected chi connectivity index (χ2v) is 6.02. The summed E-state index contributed by atoms with van der Waals surface area (Å²) >= 11 is 0. The van der Waals surface area contributed by atoms with Gasteiger partial charge in [0.25, 0.3) is 0 Å². The fourth-order valence-electron chi connectivity index (χ4n) is 2.52. The Bertz CT molecular complexity index is 404. The smallest absolute Gasteiger partial charge is 0.132 e. The lowest BCUT2D eigenvalue weighted by Crippen LogP contribution is -2.30. The maximum Gasteiger partial charge on any atom is 0.132 e. The molecule has 1 aliphatic rings. The Morgan fingerprint density at radius 2 is 1.78 bits per heavy atom. The molecule has 2 N–H and O–H groups in total. The summed E-state index contributed by atoms with van der Waals surface area (Å²) in [6.45, 7) is 6.64. The van der Waals surface area contributed by atoms with Gasteiger partial charge in [-0.2, -0.15) is 0 Å².